The van der Waals surface area contributed by atoms with E-state index < -0.39 is 0 Å². The second-order valence-electron chi connectivity index (χ2n) is 17.6. The van der Waals surface area contributed by atoms with Crippen molar-refractivity contribution >= 4 is 32.7 Å². The number of rotatable bonds is 5. The van der Waals surface area contributed by atoms with Gasteiger partial charge in [-0.1, -0.05) is 182 Å². The van der Waals surface area contributed by atoms with Crippen LogP contribution in [0.1, 0.15) is 22.3 Å². The van der Waals surface area contributed by atoms with Crippen LogP contribution in [0.2, 0.25) is 0 Å². The van der Waals surface area contributed by atoms with Gasteiger partial charge in [-0.25, -0.2) is 0 Å². The SMILES string of the molecule is c1ccc(-c2cc(-c3ccccc3)cc(-n3ccc4c3ccc3c5ccccc5n(-c5ccc(-c6ccc7c(c6)C6(c8ccccc8-c8ccccc86)c6ccccc6-7)cc5)c34)c2)cc1. The monoisotopic (exact) mass is 824 g/mol. The fourth-order valence-electron chi connectivity index (χ4n) is 11.6. The highest BCUT2D eigenvalue weighted by Gasteiger charge is 2.51. The number of benzene rings is 10. The van der Waals surface area contributed by atoms with Gasteiger partial charge < -0.3 is 9.13 Å². The molecule has 12 aromatic rings. The van der Waals surface area contributed by atoms with Crippen LogP contribution >= 0.6 is 0 Å². The van der Waals surface area contributed by atoms with E-state index in [1.807, 2.05) is 0 Å². The Labute approximate surface area is 377 Å². The summed E-state index contributed by atoms with van der Waals surface area (Å²) in [7, 11) is 0. The summed E-state index contributed by atoms with van der Waals surface area (Å²) in [5, 5.41) is 3.72. The minimum Gasteiger partial charge on any atom is -0.316 e. The molecule has 0 radical (unpaired) electrons. The standard InChI is InChI=1S/C63H40N2/c1-3-15-41(16-4-1)45-37-46(42-17-5-2-6-18-42)39-48(38-45)64-36-35-55-60(64)34-33-54-53-22-10-14-26-61(53)65(62(54)55)47-30-27-43(28-31-47)44-29-32-52-51-21-9-13-25-58(51)63(59(52)40-44)56-23-11-7-19-49(56)50-20-8-12-24-57(50)63/h1-40H. The van der Waals surface area contributed by atoms with Crippen LogP contribution in [-0.4, -0.2) is 9.13 Å². The van der Waals surface area contributed by atoms with E-state index in [1.165, 1.54) is 111 Å². The van der Waals surface area contributed by atoms with Gasteiger partial charge in [0.15, 0.2) is 0 Å². The largest absolute Gasteiger partial charge is 0.316 e. The predicted octanol–water partition coefficient (Wildman–Crippen LogP) is 16.1. The first-order valence-corrected chi connectivity index (χ1v) is 22.6. The molecule has 0 atom stereocenters. The zero-order valence-electron chi connectivity index (χ0n) is 35.5. The molecule has 0 unspecified atom stereocenters. The van der Waals surface area contributed by atoms with Gasteiger partial charge in [0.25, 0.3) is 0 Å². The third kappa shape index (κ3) is 5.11. The highest BCUT2D eigenvalue weighted by molar-refractivity contribution is 6.18. The average molecular weight is 825 g/mol. The molecule has 0 N–H and O–H groups in total. The summed E-state index contributed by atoms with van der Waals surface area (Å²) in [6.45, 7) is 0. The Hall–Kier alpha value is -8.46. The lowest BCUT2D eigenvalue weighted by Gasteiger charge is -2.30. The van der Waals surface area contributed by atoms with Crippen LogP contribution in [0, 0.1) is 0 Å². The van der Waals surface area contributed by atoms with Crippen molar-refractivity contribution < 1.29 is 0 Å². The van der Waals surface area contributed by atoms with Crippen molar-refractivity contribution in [2.24, 2.45) is 0 Å². The maximum Gasteiger partial charge on any atom is 0.0725 e. The molecule has 2 aromatic heterocycles. The van der Waals surface area contributed by atoms with E-state index in [2.05, 4.69) is 252 Å². The summed E-state index contributed by atoms with van der Waals surface area (Å²) >= 11 is 0. The molecule has 10 aromatic carbocycles. The van der Waals surface area contributed by atoms with Crippen LogP contribution in [0.4, 0.5) is 0 Å². The number of nitrogens with zero attached hydrogens (tertiary/aromatic N) is 2. The zero-order valence-corrected chi connectivity index (χ0v) is 35.5. The molecule has 1 spiro atoms. The van der Waals surface area contributed by atoms with E-state index in [-0.39, 0.29) is 5.41 Å². The Morgan fingerprint density at radius 2 is 0.800 bits per heavy atom. The summed E-state index contributed by atoms with van der Waals surface area (Å²) in [5.74, 6) is 0. The molecule has 2 nitrogen and oxygen atoms in total. The Kier molecular flexibility index (Phi) is 7.64. The van der Waals surface area contributed by atoms with Gasteiger partial charge in [-0.05, 0) is 132 Å². The van der Waals surface area contributed by atoms with Crippen LogP contribution in [-0.2, 0) is 5.41 Å². The van der Waals surface area contributed by atoms with Crippen molar-refractivity contribution in [2.45, 2.75) is 5.41 Å². The number of para-hydroxylation sites is 1. The number of fused-ring (bicyclic) bond motifs is 15. The maximum absolute atomic E-state index is 2.48. The highest BCUT2D eigenvalue weighted by atomic mass is 15.0. The summed E-state index contributed by atoms with van der Waals surface area (Å²) < 4.78 is 4.83. The van der Waals surface area contributed by atoms with Gasteiger partial charge in [0.2, 0.25) is 0 Å². The van der Waals surface area contributed by atoms with E-state index in [9.17, 15) is 0 Å². The van der Waals surface area contributed by atoms with E-state index >= 15 is 0 Å². The van der Waals surface area contributed by atoms with Gasteiger partial charge >= 0.3 is 0 Å². The molecular weight excluding hydrogens is 785 g/mol. The Bertz CT molecular complexity index is 3750. The maximum atomic E-state index is 2.48. The third-order valence-corrected chi connectivity index (χ3v) is 14.4. The molecule has 2 heteroatoms. The number of aromatic nitrogens is 2. The zero-order chi connectivity index (χ0) is 42.6. The van der Waals surface area contributed by atoms with Crippen LogP contribution in [0.15, 0.2) is 243 Å². The van der Waals surface area contributed by atoms with Crippen LogP contribution in [0.3, 0.4) is 0 Å². The lowest BCUT2D eigenvalue weighted by Crippen LogP contribution is -2.25. The average Bonchev–Trinajstić information content (AvgIpc) is 4.13. The molecule has 14 rings (SSSR count). The molecule has 0 saturated heterocycles. The van der Waals surface area contributed by atoms with Crippen molar-refractivity contribution in [3.8, 4) is 67.0 Å². The molecular formula is C63H40N2. The lowest BCUT2D eigenvalue weighted by molar-refractivity contribution is 0.794. The van der Waals surface area contributed by atoms with E-state index in [1.54, 1.807) is 0 Å². The van der Waals surface area contributed by atoms with Gasteiger partial charge in [0.05, 0.1) is 22.0 Å². The molecule has 2 heterocycles. The number of hydrogen-bond acceptors (Lipinski definition) is 0. The van der Waals surface area contributed by atoms with Gasteiger partial charge in [-0.3, -0.25) is 0 Å². The highest BCUT2D eigenvalue weighted by Crippen LogP contribution is 2.63. The smallest absolute Gasteiger partial charge is 0.0725 e. The minimum atomic E-state index is -0.369. The molecule has 0 aliphatic heterocycles. The summed E-state index contributed by atoms with van der Waals surface area (Å²) in [6.07, 6.45) is 2.24. The summed E-state index contributed by atoms with van der Waals surface area (Å²) in [4.78, 5) is 0. The van der Waals surface area contributed by atoms with Gasteiger partial charge in [-0.15, -0.1) is 0 Å². The molecule has 0 amide bonds. The summed E-state index contributed by atoms with van der Waals surface area (Å²) in [5.41, 5.74) is 23.5. The minimum absolute atomic E-state index is 0.369. The van der Waals surface area contributed by atoms with Crippen molar-refractivity contribution in [3.63, 3.8) is 0 Å². The Morgan fingerprint density at radius 3 is 1.43 bits per heavy atom. The molecule has 0 bridgehead atoms. The van der Waals surface area contributed by atoms with Gasteiger partial charge in [-0.2, -0.15) is 0 Å². The van der Waals surface area contributed by atoms with E-state index in [4.69, 9.17) is 0 Å². The van der Waals surface area contributed by atoms with Gasteiger partial charge in [0, 0.05) is 33.7 Å². The molecule has 302 valence electrons. The van der Waals surface area contributed by atoms with E-state index in [0.717, 1.165) is 11.4 Å². The van der Waals surface area contributed by atoms with Gasteiger partial charge in [0.1, 0.15) is 0 Å². The molecule has 65 heavy (non-hydrogen) atoms. The van der Waals surface area contributed by atoms with Crippen LogP contribution < -0.4 is 0 Å². The predicted molar refractivity (Wildman–Crippen MR) is 270 cm³/mol. The fraction of sp³-hybridized carbons (Fsp3) is 0.0159. The Balaban J connectivity index is 0.916. The lowest BCUT2D eigenvalue weighted by atomic mass is 9.70. The third-order valence-electron chi connectivity index (χ3n) is 14.4. The molecule has 2 aliphatic carbocycles. The normalized spacial score (nSPS) is 13.0. The Morgan fingerprint density at radius 1 is 0.277 bits per heavy atom. The van der Waals surface area contributed by atoms with Crippen molar-refractivity contribution in [3.05, 3.63) is 265 Å². The van der Waals surface area contributed by atoms with Crippen molar-refractivity contribution in [1.29, 1.82) is 0 Å². The second kappa shape index (κ2) is 13.8. The number of hydrogen-bond donors (Lipinski definition) is 0. The quantitative estimate of drug-likeness (QED) is 0.164. The second-order valence-corrected chi connectivity index (χ2v) is 17.6. The van der Waals surface area contributed by atoms with Crippen molar-refractivity contribution in [1.82, 2.24) is 9.13 Å². The van der Waals surface area contributed by atoms with Crippen molar-refractivity contribution in [2.75, 3.05) is 0 Å². The first-order valence-electron chi connectivity index (χ1n) is 22.6. The molecule has 0 fully saturated rings. The van der Waals surface area contributed by atoms with Crippen LogP contribution in [0.25, 0.3) is 99.7 Å². The first kappa shape index (κ1) is 36.1. The first-order chi connectivity index (χ1) is 32.2. The molecule has 2 aliphatic rings. The van der Waals surface area contributed by atoms with E-state index in [0.29, 0.717) is 0 Å². The topological polar surface area (TPSA) is 9.86 Å². The fourth-order valence-corrected chi connectivity index (χ4v) is 11.6. The summed E-state index contributed by atoms with van der Waals surface area (Å²) in [6, 6.07) is 87.7. The van der Waals surface area contributed by atoms with Crippen LogP contribution in [0.5, 0.6) is 0 Å². The molecule has 0 saturated carbocycles.